The van der Waals surface area contributed by atoms with Gasteiger partial charge in [0.1, 0.15) is 5.75 Å². The Morgan fingerprint density at radius 1 is 0.950 bits per heavy atom. The zero-order valence-electron chi connectivity index (χ0n) is 11.5. The fraction of sp³-hybridized carbons (Fsp3) is 0.111. The van der Waals surface area contributed by atoms with Crippen molar-refractivity contribution < 1.29 is 5.11 Å². The summed E-state index contributed by atoms with van der Waals surface area (Å²) < 4.78 is 2.14. The summed E-state index contributed by atoms with van der Waals surface area (Å²) in [4.78, 5) is 0. The number of rotatable bonds is 3. The van der Waals surface area contributed by atoms with E-state index in [1.807, 2.05) is 36.4 Å². The van der Waals surface area contributed by atoms with Crippen molar-refractivity contribution >= 4 is 0 Å². The molecule has 1 N–H and O–H groups in total. The van der Waals surface area contributed by atoms with Gasteiger partial charge < -0.3 is 9.67 Å². The lowest BCUT2D eigenvalue weighted by Gasteiger charge is -2.02. The van der Waals surface area contributed by atoms with Gasteiger partial charge in [-0.2, -0.15) is 0 Å². The number of benzene rings is 2. The van der Waals surface area contributed by atoms with Gasteiger partial charge in [-0.25, -0.2) is 0 Å². The van der Waals surface area contributed by atoms with E-state index in [1.54, 1.807) is 6.07 Å². The van der Waals surface area contributed by atoms with Crippen LogP contribution >= 0.6 is 0 Å². The lowest BCUT2D eigenvalue weighted by molar-refractivity contribution is 0.475. The van der Waals surface area contributed by atoms with Crippen LogP contribution in [0.2, 0.25) is 0 Å². The first-order valence-electron chi connectivity index (χ1n) is 6.83. The summed E-state index contributed by atoms with van der Waals surface area (Å²) in [6.45, 7) is 2.15. The largest absolute Gasteiger partial charge is 0.508 e. The van der Waals surface area contributed by atoms with E-state index in [9.17, 15) is 5.11 Å². The monoisotopic (exact) mass is 263 g/mol. The van der Waals surface area contributed by atoms with Gasteiger partial charge in [0.15, 0.2) is 0 Å². The molecule has 0 aliphatic carbocycles. The highest BCUT2D eigenvalue weighted by Gasteiger charge is 2.09. The van der Waals surface area contributed by atoms with Gasteiger partial charge in [0.25, 0.3) is 0 Å². The first-order valence-corrected chi connectivity index (χ1v) is 6.83. The molecule has 0 spiro atoms. The molecule has 0 amide bonds. The van der Waals surface area contributed by atoms with Crippen LogP contribution in [-0.4, -0.2) is 9.67 Å². The second-order valence-corrected chi connectivity index (χ2v) is 4.84. The number of hydrogen-bond donors (Lipinski definition) is 1. The molecule has 2 heteroatoms. The smallest absolute Gasteiger partial charge is 0.116 e. The third kappa shape index (κ3) is 2.32. The summed E-state index contributed by atoms with van der Waals surface area (Å²) in [6.07, 6.45) is 5.25. The van der Waals surface area contributed by atoms with Gasteiger partial charge >= 0.3 is 0 Å². The molecule has 3 aromatic rings. The Kier molecular flexibility index (Phi) is 3.30. The van der Waals surface area contributed by atoms with Gasteiger partial charge in [-0.05, 0) is 41.8 Å². The Hall–Kier alpha value is -2.48. The molecule has 0 bridgehead atoms. The lowest BCUT2D eigenvalue weighted by Crippen LogP contribution is -1.88. The quantitative estimate of drug-likeness (QED) is 0.743. The Balaban J connectivity index is 2.10. The van der Waals surface area contributed by atoms with Crippen LogP contribution in [0.4, 0.5) is 0 Å². The molecule has 0 saturated carbocycles. The number of hydrogen-bond acceptors (Lipinski definition) is 1. The first kappa shape index (κ1) is 12.5. The van der Waals surface area contributed by atoms with Crippen molar-refractivity contribution in [2.75, 3.05) is 0 Å². The summed E-state index contributed by atoms with van der Waals surface area (Å²) in [5.41, 5.74) is 4.65. The van der Waals surface area contributed by atoms with E-state index in [-0.39, 0.29) is 0 Å². The third-order valence-electron chi connectivity index (χ3n) is 3.50. The highest BCUT2D eigenvalue weighted by atomic mass is 16.3. The van der Waals surface area contributed by atoms with Crippen LogP contribution in [0.25, 0.3) is 16.8 Å². The molecular formula is C18H17NO. The van der Waals surface area contributed by atoms with Gasteiger partial charge in [-0.15, -0.1) is 0 Å². The zero-order valence-corrected chi connectivity index (χ0v) is 11.5. The molecule has 1 aromatic heterocycles. The second kappa shape index (κ2) is 5.25. The van der Waals surface area contributed by atoms with E-state index in [0.29, 0.717) is 5.75 Å². The van der Waals surface area contributed by atoms with Crippen LogP contribution < -0.4 is 0 Å². The first-order chi connectivity index (χ1) is 9.78. The van der Waals surface area contributed by atoms with Gasteiger partial charge in [-0.1, -0.05) is 37.3 Å². The van der Waals surface area contributed by atoms with E-state index in [0.717, 1.165) is 17.7 Å². The van der Waals surface area contributed by atoms with Crippen molar-refractivity contribution in [3.63, 3.8) is 0 Å². The van der Waals surface area contributed by atoms with Crippen LogP contribution in [0.15, 0.2) is 67.0 Å². The van der Waals surface area contributed by atoms with Gasteiger partial charge in [0.2, 0.25) is 0 Å². The van der Waals surface area contributed by atoms with Crippen LogP contribution in [0, 0.1) is 0 Å². The number of phenolic OH excluding ortho intramolecular Hbond substituents is 1. The maximum atomic E-state index is 9.66. The van der Waals surface area contributed by atoms with Crippen LogP contribution in [0.5, 0.6) is 5.75 Å². The molecule has 20 heavy (non-hydrogen) atoms. The lowest BCUT2D eigenvalue weighted by atomic mass is 10.0. The average molecular weight is 263 g/mol. The maximum Gasteiger partial charge on any atom is 0.116 e. The topological polar surface area (TPSA) is 25.2 Å². The summed E-state index contributed by atoms with van der Waals surface area (Å²) in [7, 11) is 0. The average Bonchev–Trinajstić information content (AvgIpc) is 2.92. The molecule has 0 aliphatic rings. The number of phenols is 1. The number of aromatic hydroxyl groups is 1. The Bertz CT molecular complexity index is 713. The molecule has 0 radical (unpaired) electrons. The van der Waals surface area contributed by atoms with Gasteiger partial charge in [0, 0.05) is 23.6 Å². The SMILES string of the molecule is CCc1cn(-c2ccccc2)cc1-c1cccc(O)c1. The van der Waals surface area contributed by atoms with E-state index < -0.39 is 0 Å². The van der Waals surface area contributed by atoms with Crippen LogP contribution in [0.1, 0.15) is 12.5 Å². The Morgan fingerprint density at radius 3 is 2.45 bits per heavy atom. The molecule has 100 valence electrons. The summed E-state index contributed by atoms with van der Waals surface area (Å²) in [5.74, 6) is 0.303. The number of aromatic nitrogens is 1. The Labute approximate surface area is 118 Å². The van der Waals surface area contributed by atoms with Crippen molar-refractivity contribution in [1.29, 1.82) is 0 Å². The maximum absolute atomic E-state index is 9.66. The highest BCUT2D eigenvalue weighted by Crippen LogP contribution is 2.29. The molecule has 0 saturated heterocycles. The number of para-hydroxylation sites is 1. The number of nitrogens with zero attached hydrogens (tertiary/aromatic N) is 1. The number of aryl methyl sites for hydroxylation is 1. The second-order valence-electron chi connectivity index (χ2n) is 4.84. The minimum absolute atomic E-state index is 0.303. The molecule has 0 unspecified atom stereocenters. The van der Waals surface area contributed by atoms with E-state index in [4.69, 9.17) is 0 Å². The van der Waals surface area contributed by atoms with Crippen molar-refractivity contribution in [3.05, 3.63) is 72.6 Å². The summed E-state index contributed by atoms with van der Waals surface area (Å²) >= 11 is 0. The molecule has 0 aliphatic heterocycles. The van der Waals surface area contributed by atoms with Crippen molar-refractivity contribution in [3.8, 4) is 22.6 Å². The summed E-state index contributed by atoms with van der Waals surface area (Å²) in [6, 6.07) is 17.7. The molecular weight excluding hydrogens is 246 g/mol. The molecule has 2 aromatic carbocycles. The normalized spacial score (nSPS) is 10.7. The molecule has 1 heterocycles. The standard InChI is InChI=1S/C18H17NO/c1-2-14-12-19(16-8-4-3-5-9-16)13-18(14)15-7-6-10-17(20)11-15/h3-13,20H,2H2,1H3. The zero-order chi connectivity index (χ0) is 13.9. The molecule has 2 nitrogen and oxygen atoms in total. The van der Waals surface area contributed by atoms with Crippen LogP contribution in [-0.2, 0) is 6.42 Å². The fourth-order valence-corrected chi connectivity index (χ4v) is 2.46. The third-order valence-corrected chi connectivity index (χ3v) is 3.50. The van der Waals surface area contributed by atoms with Crippen molar-refractivity contribution in [1.82, 2.24) is 4.57 Å². The van der Waals surface area contributed by atoms with Crippen molar-refractivity contribution in [2.45, 2.75) is 13.3 Å². The predicted molar refractivity (Wildman–Crippen MR) is 82.2 cm³/mol. The minimum Gasteiger partial charge on any atom is -0.508 e. The fourth-order valence-electron chi connectivity index (χ4n) is 2.46. The van der Waals surface area contributed by atoms with E-state index >= 15 is 0 Å². The summed E-state index contributed by atoms with van der Waals surface area (Å²) in [5, 5.41) is 9.66. The molecule has 3 rings (SSSR count). The highest BCUT2D eigenvalue weighted by molar-refractivity contribution is 5.69. The van der Waals surface area contributed by atoms with E-state index in [2.05, 4.69) is 36.0 Å². The van der Waals surface area contributed by atoms with Gasteiger partial charge in [0.05, 0.1) is 0 Å². The minimum atomic E-state index is 0.303. The molecule has 0 atom stereocenters. The van der Waals surface area contributed by atoms with E-state index in [1.165, 1.54) is 11.1 Å². The van der Waals surface area contributed by atoms with Gasteiger partial charge in [-0.3, -0.25) is 0 Å². The van der Waals surface area contributed by atoms with Crippen LogP contribution in [0.3, 0.4) is 0 Å². The van der Waals surface area contributed by atoms with Crippen molar-refractivity contribution in [2.24, 2.45) is 0 Å². The Morgan fingerprint density at radius 2 is 1.75 bits per heavy atom. The molecule has 0 fully saturated rings. The predicted octanol–water partition coefficient (Wildman–Crippen LogP) is 4.41.